The molecule has 4 nitrogen and oxygen atoms in total. The number of fused-ring (bicyclic) bond motifs is 1. The Morgan fingerprint density at radius 1 is 1.47 bits per heavy atom. The maximum Gasteiger partial charge on any atom is 0.417 e. The fourth-order valence-corrected chi connectivity index (χ4v) is 2.93. The Bertz CT molecular complexity index is 737. The van der Waals surface area contributed by atoms with Crippen molar-refractivity contribution < 1.29 is 4.42 Å². The molecule has 0 atom stereocenters. The minimum Gasteiger partial charge on any atom is -0.408 e. The molecule has 0 aliphatic carbocycles. The van der Waals surface area contributed by atoms with Gasteiger partial charge in [0.1, 0.15) is 5.01 Å². The average molecular weight is 311 g/mol. The standard InChI is InChI=1S/C11H7BrN2O2S/c1-5-9(12)17-10(13-5)6-2-3-8-7(4-6)14-11(15)16-8/h2-4H,1H3,(H,14,15). The molecule has 3 aromatic rings. The van der Waals surface area contributed by atoms with Gasteiger partial charge in [0.2, 0.25) is 0 Å². The van der Waals surface area contributed by atoms with Crippen LogP contribution >= 0.6 is 27.3 Å². The van der Waals surface area contributed by atoms with Crippen molar-refractivity contribution in [3.8, 4) is 10.6 Å². The lowest BCUT2D eigenvalue weighted by Crippen LogP contribution is -1.92. The zero-order valence-corrected chi connectivity index (χ0v) is 11.2. The first kappa shape index (κ1) is 10.7. The summed E-state index contributed by atoms with van der Waals surface area (Å²) in [6.45, 7) is 1.95. The van der Waals surface area contributed by atoms with Crippen LogP contribution in [-0.4, -0.2) is 9.97 Å². The third kappa shape index (κ3) is 1.83. The van der Waals surface area contributed by atoms with Crippen molar-refractivity contribution in [1.82, 2.24) is 9.97 Å². The Balaban J connectivity index is 2.20. The first-order valence-electron chi connectivity index (χ1n) is 4.89. The number of oxazole rings is 1. The van der Waals surface area contributed by atoms with Crippen molar-refractivity contribution in [3.05, 3.63) is 38.2 Å². The minimum absolute atomic E-state index is 0.436. The fraction of sp³-hybridized carbons (Fsp3) is 0.0909. The number of thiazole rings is 1. The second-order valence-corrected chi connectivity index (χ2v) is 5.92. The molecule has 0 amide bonds. The number of aromatic nitrogens is 2. The van der Waals surface area contributed by atoms with Crippen LogP contribution in [0.25, 0.3) is 21.7 Å². The molecular formula is C11H7BrN2O2S. The summed E-state index contributed by atoms with van der Waals surface area (Å²) in [5.74, 6) is -0.436. The lowest BCUT2D eigenvalue weighted by atomic mass is 10.2. The molecule has 0 spiro atoms. The van der Waals surface area contributed by atoms with Crippen molar-refractivity contribution >= 4 is 38.4 Å². The van der Waals surface area contributed by atoms with E-state index in [0.29, 0.717) is 11.1 Å². The number of halogens is 1. The summed E-state index contributed by atoms with van der Waals surface area (Å²) >= 11 is 5.01. The molecule has 0 fully saturated rings. The van der Waals surface area contributed by atoms with Gasteiger partial charge in [0, 0.05) is 5.56 Å². The molecule has 0 radical (unpaired) electrons. The highest BCUT2D eigenvalue weighted by atomic mass is 79.9. The Morgan fingerprint density at radius 3 is 3.00 bits per heavy atom. The third-order valence-electron chi connectivity index (χ3n) is 2.41. The van der Waals surface area contributed by atoms with E-state index in [4.69, 9.17) is 4.42 Å². The van der Waals surface area contributed by atoms with E-state index in [1.165, 1.54) is 0 Å². The summed E-state index contributed by atoms with van der Waals surface area (Å²) in [5, 5.41) is 0.915. The Hall–Kier alpha value is -1.40. The predicted molar refractivity (Wildman–Crippen MR) is 70.4 cm³/mol. The van der Waals surface area contributed by atoms with E-state index in [0.717, 1.165) is 20.1 Å². The molecule has 1 aromatic carbocycles. The van der Waals surface area contributed by atoms with E-state index in [1.54, 1.807) is 17.4 Å². The lowest BCUT2D eigenvalue weighted by molar-refractivity contribution is 0.555. The van der Waals surface area contributed by atoms with Crippen LogP contribution in [0.15, 0.2) is 31.2 Å². The molecule has 0 aliphatic rings. The summed E-state index contributed by atoms with van der Waals surface area (Å²) in [5.41, 5.74) is 3.18. The Labute approximate surface area is 108 Å². The van der Waals surface area contributed by atoms with Gasteiger partial charge in [-0.05, 0) is 41.1 Å². The highest BCUT2D eigenvalue weighted by molar-refractivity contribution is 9.11. The van der Waals surface area contributed by atoms with Gasteiger partial charge in [0.05, 0.1) is 15.0 Å². The van der Waals surface area contributed by atoms with E-state index < -0.39 is 5.76 Å². The quantitative estimate of drug-likeness (QED) is 0.750. The van der Waals surface area contributed by atoms with Crippen LogP contribution in [0.2, 0.25) is 0 Å². The molecule has 6 heteroatoms. The second-order valence-electron chi connectivity index (χ2n) is 3.60. The fourth-order valence-electron chi connectivity index (χ4n) is 1.59. The highest BCUT2D eigenvalue weighted by Crippen LogP contribution is 2.32. The van der Waals surface area contributed by atoms with Crippen LogP contribution < -0.4 is 5.76 Å². The Kier molecular flexibility index (Phi) is 2.41. The van der Waals surface area contributed by atoms with Crippen molar-refractivity contribution in [1.29, 1.82) is 0 Å². The van der Waals surface area contributed by atoms with Gasteiger partial charge in [0.25, 0.3) is 0 Å². The molecule has 17 heavy (non-hydrogen) atoms. The molecule has 0 aliphatic heterocycles. The number of nitrogens with zero attached hydrogens (tertiary/aromatic N) is 1. The molecule has 2 aromatic heterocycles. The first-order chi connectivity index (χ1) is 8.13. The van der Waals surface area contributed by atoms with Gasteiger partial charge in [-0.15, -0.1) is 11.3 Å². The topological polar surface area (TPSA) is 58.9 Å². The van der Waals surface area contributed by atoms with Crippen molar-refractivity contribution in [3.63, 3.8) is 0 Å². The van der Waals surface area contributed by atoms with E-state index >= 15 is 0 Å². The number of nitrogens with one attached hydrogen (secondary N) is 1. The Morgan fingerprint density at radius 2 is 2.29 bits per heavy atom. The number of rotatable bonds is 1. The van der Waals surface area contributed by atoms with Gasteiger partial charge in [-0.2, -0.15) is 0 Å². The molecule has 1 N–H and O–H groups in total. The van der Waals surface area contributed by atoms with E-state index in [9.17, 15) is 4.79 Å². The van der Waals surface area contributed by atoms with Gasteiger partial charge in [0.15, 0.2) is 5.58 Å². The smallest absolute Gasteiger partial charge is 0.408 e. The van der Waals surface area contributed by atoms with Crippen LogP contribution in [0.5, 0.6) is 0 Å². The number of aryl methyl sites for hydroxylation is 1. The van der Waals surface area contributed by atoms with Gasteiger partial charge < -0.3 is 4.42 Å². The van der Waals surface area contributed by atoms with Crippen molar-refractivity contribution in [2.24, 2.45) is 0 Å². The van der Waals surface area contributed by atoms with Gasteiger partial charge in [-0.1, -0.05) is 0 Å². The van der Waals surface area contributed by atoms with Crippen molar-refractivity contribution in [2.45, 2.75) is 6.92 Å². The van der Waals surface area contributed by atoms with Crippen LogP contribution in [-0.2, 0) is 0 Å². The number of H-pyrrole nitrogens is 1. The molecule has 0 saturated heterocycles. The number of hydrogen-bond donors (Lipinski definition) is 1. The molecule has 0 bridgehead atoms. The maximum atomic E-state index is 11.1. The average Bonchev–Trinajstić information content (AvgIpc) is 2.80. The lowest BCUT2D eigenvalue weighted by Gasteiger charge is -1.94. The minimum atomic E-state index is -0.436. The number of aromatic amines is 1. The van der Waals surface area contributed by atoms with Gasteiger partial charge in [-0.3, -0.25) is 4.98 Å². The summed E-state index contributed by atoms with van der Waals surface area (Å²) in [7, 11) is 0. The second kappa shape index (κ2) is 3.82. The summed E-state index contributed by atoms with van der Waals surface area (Å²) in [6.07, 6.45) is 0. The summed E-state index contributed by atoms with van der Waals surface area (Å²) in [4.78, 5) is 18.1. The van der Waals surface area contributed by atoms with Crippen molar-refractivity contribution in [2.75, 3.05) is 0 Å². The first-order valence-corrected chi connectivity index (χ1v) is 6.50. The number of benzene rings is 1. The largest absolute Gasteiger partial charge is 0.417 e. The summed E-state index contributed by atoms with van der Waals surface area (Å²) in [6, 6.07) is 5.53. The molecule has 2 heterocycles. The van der Waals surface area contributed by atoms with E-state index in [1.807, 2.05) is 19.1 Å². The zero-order valence-electron chi connectivity index (χ0n) is 8.78. The zero-order chi connectivity index (χ0) is 12.0. The van der Waals surface area contributed by atoms with Crippen LogP contribution in [0.3, 0.4) is 0 Å². The van der Waals surface area contributed by atoms with Crippen LogP contribution in [0, 0.1) is 6.92 Å². The monoisotopic (exact) mass is 310 g/mol. The van der Waals surface area contributed by atoms with E-state index in [2.05, 4.69) is 25.9 Å². The summed E-state index contributed by atoms with van der Waals surface area (Å²) < 4.78 is 5.97. The molecule has 86 valence electrons. The van der Waals surface area contributed by atoms with Gasteiger partial charge >= 0.3 is 5.76 Å². The molecule has 0 unspecified atom stereocenters. The highest BCUT2D eigenvalue weighted by Gasteiger charge is 2.09. The molecular weight excluding hydrogens is 304 g/mol. The molecule has 0 saturated carbocycles. The third-order valence-corrected chi connectivity index (χ3v) is 4.46. The van der Waals surface area contributed by atoms with E-state index in [-0.39, 0.29) is 0 Å². The maximum absolute atomic E-state index is 11.1. The van der Waals surface area contributed by atoms with Crippen LogP contribution in [0.4, 0.5) is 0 Å². The normalized spacial score (nSPS) is 11.2. The predicted octanol–water partition coefficient (Wildman–Crippen LogP) is 3.32. The number of hydrogen-bond acceptors (Lipinski definition) is 4. The van der Waals surface area contributed by atoms with Gasteiger partial charge in [-0.25, -0.2) is 9.78 Å². The van der Waals surface area contributed by atoms with Crippen LogP contribution in [0.1, 0.15) is 5.69 Å². The SMILES string of the molecule is Cc1nc(-c2ccc3oc(=O)[nH]c3c2)sc1Br. The molecule has 3 rings (SSSR count).